The normalized spacial score (nSPS) is 11.7. The number of benzene rings is 1. The van der Waals surface area contributed by atoms with Crippen molar-refractivity contribution in [2.45, 2.75) is 13.0 Å². The summed E-state index contributed by atoms with van der Waals surface area (Å²) in [7, 11) is 0. The first-order valence-electron chi connectivity index (χ1n) is 6.33. The SMILES string of the molecule is CC(C(=O)Nc1ccc(Cl)cc1[N+](=O)[O-])n1ccc(C(=O)O)n1. The quantitative estimate of drug-likeness (QED) is 0.636. The van der Waals surface area contributed by atoms with Crippen molar-refractivity contribution in [1.29, 1.82) is 0 Å². The van der Waals surface area contributed by atoms with E-state index in [4.69, 9.17) is 16.7 Å². The van der Waals surface area contributed by atoms with Gasteiger partial charge in [-0.1, -0.05) is 11.6 Å². The summed E-state index contributed by atoms with van der Waals surface area (Å²) >= 11 is 5.70. The molecule has 0 saturated carbocycles. The van der Waals surface area contributed by atoms with Crippen molar-refractivity contribution in [2.24, 2.45) is 0 Å². The van der Waals surface area contributed by atoms with E-state index in [-0.39, 0.29) is 22.1 Å². The van der Waals surface area contributed by atoms with Crippen molar-refractivity contribution in [2.75, 3.05) is 5.32 Å². The number of aromatic carboxylic acids is 1. The fourth-order valence-corrected chi connectivity index (χ4v) is 1.95. The molecule has 23 heavy (non-hydrogen) atoms. The highest BCUT2D eigenvalue weighted by atomic mass is 35.5. The number of aromatic nitrogens is 2. The molecule has 2 aromatic rings. The Morgan fingerprint density at radius 1 is 1.43 bits per heavy atom. The highest BCUT2D eigenvalue weighted by Gasteiger charge is 2.22. The third kappa shape index (κ3) is 3.64. The van der Waals surface area contributed by atoms with Crippen molar-refractivity contribution >= 4 is 34.9 Å². The number of carbonyl (C=O) groups excluding carboxylic acids is 1. The van der Waals surface area contributed by atoms with Crippen LogP contribution in [0.25, 0.3) is 0 Å². The first-order chi connectivity index (χ1) is 10.8. The number of nitro groups is 1. The molecule has 0 aliphatic heterocycles. The summed E-state index contributed by atoms with van der Waals surface area (Å²) in [6.07, 6.45) is 1.34. The Balaban J connectivity index is 2.21. The average molecular weight is 339 g/mol. The fraction of sp³-hybridized carbons (Fsp3) is 0.154. The van der Waals surface area contributed by atoms with Gasteiger partial charge in [-0.25, -0.2) is 4.79 Å². The van der Waals surface area contributed by atoms with Crippen molar-refractivity contribution in [3.05, 3.63) is 51.3 Å². The van der Waals surface area contributed by atoms with Gasteiger partial charge in [0.1, 0.15) is 11.7 Å². The van der Waals surface area contributed by atoms with Gasteiger partial charge >= 0.3 is 5.97 Å². The van der Waals surface area contributed by atoms with Crippen LogP contribution in [0, 0.1) is 10.1 Å². The molecular formula is C13H11ClN4O5. The summed E-state index contributed by atoms with van der Waals surface area (Å²) in [5.41, 5.74) is -0.561. The number of carboxylic acid groups (broad SMARTS) is 1. The lowest BCUT2D eigenvalue weighted by Gasteiger charge is -2.13. The van der Waals surface area contributed by atoms with Crippen LogP contribution < -0.4 is 5.32 Å². The molecule has 1 atom stereocenters. The zero-order chi connectivity index (χ0) is 17.1. The molecule has 1 amide bonds. The molecule has 1 heterocycles. The predicted octanol–water partition coefficient (Wildman–Crippen LogP) is 2.34. The minimum atomic E-state index is -1.22. The molecule has 0 aliphatic rings. The van der Waals surface area contributed by atoms with Gasteiger partial charge in [0.05, 0.1) is 4.92 Å². The number of amides is 1. The smallest absolute Gasteiger partial charge is 0.356 e. The molecule has 0 bridgehead atoms. The van der Waals surface area contributed by atoms with E-state index in [1.807, 2.05) is 0 Å². The Hall–Kier alpha value is -2.94. The van der Waals surface area contributed by atoms with Gasteiger partial charge in [0.15, 0.2) is 5.69 Å². The number of rotatable bonds is 5. The van der Waals surface area contributed by atoms with Crippen LogP contribution in [-0.4, -0.2) is 31.7 Å². The molecule has 0 saturated heterocycles. The van der Waals surface area contributed by atoms with Crippen molar-refractivity contribution in [3.63, 3.8) is 0 Å². The van der Waals surface area contributed by atoms with E-state index in [2.05, 4.69) is 10.4 Å². The molecule has 1 aromatic carbocycles. The van der Waals surface area contributed by atoms with Crippen LogP contribution in [0.1, 0.15) is 23.5 Å². The first-order valence-corrected chi connectivity index (χ1v) is 6.70. The number of nitro benzene ring substituents is 1. The molecule has 0 aliphatic carbocycles. The number of nitrogens with one attached hydrogen (secondary N) is 1. The van der Waals surface area contributed by atoms with E-state index in [9.17, 15) is 19.7 Å². The second-order valence-electron chi connectivity index (χ2n) is 4.57. The molecule has 10 heteroatoms. The van der Waals surface area contributed by atoms with Gasteiger partial charge < -0.3 is 10.4 Å². The predicted molar refractivity (Wildman–Crippen MR) is 80.6 cm³/mol. The molecule has 0 fully saturated rings. The molecular weight excluding hydrogens is 328 g/mol. The minimum Gasteiger partial charge on any atom is -0.476 e. The molecule has 2 rings (SSSR count). The third-order valence-electron chi connectivity index (χ3n) is 3.02. The van der Waals surface area contributed by atoms with Gasteiger partial charge in [-0.05, 0) is 25.1 Å². The Morgan fingerprint density at radius 2 is 2.13 bits per heavy atom. The molecule has 9 nitrogen and oxygen atoms in total. The monoisotopic (exact) mass is 338 g/mol. The lowest BCUT2D eigenvalue weighted by molar-refractivity contribution is -0.383. The molecule has 1 aromatic heterocycles. The van der Waals surface area contributed by atoms with Crippen LogP contribution in [0.3, 0.4) is 0 Å². The zero-order valence-corrected chi connectivity index (χ0v) is 12.5. The van der Waals surface area contributed by atoms with Gasteiger partial charge in [0, 0.05) is 17.3 Å². The van der Waals surface area contributed by atoms with Crippen LogP contribution in [-0.2, 0) is 4.79 Å². The maximum Gasteiger partial charge on any atom is 0.356 e. The molecule has 2 N–H and O–H groups in total. The lowest BCUT2D eigenvalue weighted by Crippen LogP contribution is -2.24. The average Bonchev–Trinajstić information content (AvgIpc) is 2.98. The van der Waals surface area contributed by atoms with E-state index < -0.39 is 22.8 Å². The summed E-state index contributed by atoms with van der Waals surface area (Å²) in [4.78, 5) is 33.3. The second-order valence-corrected chi connectivity index (χ2v) is 5.01. The van der Waals surface area contributed by atoms with Crippen LogP contribution in [0.2, 0.25) is 5.02 Å². The standard InChI is InChI=1S/C13H11ClN4O5/c1-7(17-5-4-10(16-17)13(20)21)12(19)15-9-3-2-8(14)6-11(9)18(22)23/h2-7H,1H3,(H,15,19)(H,20,21). The second kappa shape index (κ2) is 6.44. The summed E-state index contributed by atoms with van der Waals surface area (Å²) in [6.45, 7) is 1.48. The van der Waals surface area contributed by atoms with Crippen LogP contribution >= 0.6 is 11.6 Å². The summed E-state index contributed by atoms with van der Waals surface area (Å²) in [5.74, 6) is -1.81. The Morgan fingerprint density at radius 3 is 2.70 bits per heavy atom. The van der Waals surface area contributed by atoms with E-state index in [1.165, 1.54) is 31.3 Å². The first kappa shape index (κ1) is 16.4. The number of hydrogen-bond donors (Lipinski definition) is 2. The molecule has 120 valence electrons. The van der Waals surface area contributed by atoms with Crippen LogP contribution in [0.4, 0.5) is 11.4 Å². The topological polar surface area (TPSA) is 127 Å². The number of carbonyl (C=O) groups is 2. The summed E-state index contributed by atoms with van der Waals surface area (Å²) < 4.78 is 1.15. The zero-order valence-electron chi connectivity index (χ0n) is 11.8. The van der Waals surface area contributed by atoms with Gasteiger partial charge in [0.25, 0.3) is 5.69 Å². The summed E-state index contributed by atoms with van der Waals surface area (Å²) in [6, 6.07) is 4.23. The van der Waals surface area contributed by atoms with Crippen LogP contribution in [0.15, 0.2) is 30.5 Å². The number of anilines is 1. The Bertz CT molecular complexity index is 788. The van der Waals surface area contributed by atoms with Gasteiger partial charge in [-0.3, -0.25) is 19.6 Å². The van der Waals surface area contributed by atoms with E-state index >= 15 is 0 Å². The number of nitrogens with zero attached hydrogens (tertiary/aromatic N) is 3. The van der Waals surface area contributed by atoms with Gasteiger partial charge in [0.2, 0.25) is 5.91 Å². The number of carboxylic acids is 1. The number of halogens is 1. The number of hydrogen-bond acceptors (Lipinski definition) is 5. The largest absolute Gasteiger partial charge is 0.476 e. The highest BCUT2D eigenvalue weighted by Crippen LogP contribution is 2.28. The maximum atomic E-state index is 12.2. The lowest BCUT2D eigenvalue weighted by atomic mass is 10.2. The fourth-order valence-electron chi connectivity index (χ4n) is 1.79. The van der Waals surface area contributed by atoms with E-state index in [1.54, 1.807) is 0 Å². The summed E-state index contributed by atoms with van der Waals surface area (Å²) in [5, 5.41) is 26.1. The van der Waals surface area contributed by atoms with E-state index in [0.717, 1.165) is 10.7 Å². The van der Waals surface area contributed by atoms with Crippen LogP contribution in [0.5, 0.6) is 0 Å². The Kier molecular flexibility index (Phi) is 4.60. The third-order valence-corrected chi connectivity index (χ3v) is 3.25. The minimum absolute atomic E-state index is 0.0122. The molecule has 0 radical (unpaired) electrons. The van der Waals surface area contributed by atoms with E-state index in [0.29, 0.717) is 0 Å². The molecule has 1 unspecified atom stereocenters. The van der Waals surface area contributed by atoms with Crippen molar-refractivity contribution in [3.8, 4) is 0 Å². The van der Waals surface area contributed by atoms with Gasteiger partial charge in [-0.15, -0.1) is 0 Å². The maximum absolute atomic E-state index is 12.2. The van der Waals surface area contributed by atoms with Gasteiger partial charge in [-0.2, -0.15) is 5.10 Å². The Labute approximate surface area is 134 Å². The molecule has 0 spiro atoms. The van der Waals surface area contributed by atoms with Crippen molar-refractivity contribution in [1.82, 2.24) is 9.78 Å². The highest BCUT2D eigenvalue weighted by molar-refractivity contribution is 6.31. The van der Waals surface area contributed by atoms with Crippen molar-refractivity contribution < 1.29 is 19.6 Å².